The van der Waals surface area contributed by atoms with E-state index >= 15 is 0 Å². The highest BCUT2D eigenvalue weighted by Gasteiger charge is 2.19. The number of aromatic amines is 1. The van der Waals surface area contributed by atoms with Crippen LogP contribution in [-0.2, 0) is 0 Å². The molecule has 1 aliphatic rings. The number of piperazine rings is 1. The van der Waals surface area contributed by atoms with Gasteiger partial charge in [-0.05, 0) is 33.4 Å². The molecule has 3 aromatic rings. The molecule has 34 heavy (non-hydrogen) atoms. The van der Waals surface area contributed by atoms with Crippen molar-refractivity contribution in [2.24, 2.45) is 0 Å². The minimum Gasteiger partial charge on any atom is -0.492 e. The van der Waals surface area contributed by atoms with Crippen LogP contribution >= 0.6 is 11.8 Å². The molecule has 2 N–H and O–H groups in total. The summed E-state index contributed by atoms with van der Waals surface area (Å²) < 4.78 is 6.37. The van der Waals surface area contributed by atoms with Gasteiger partial charge in [-0.15, -0.1) is 11.8 Å². The molecule has 184 valence electrons. The molecule has 0 amide bonds. The van der Waals surface area contributed by atoms with Crippen LogP contribution in [0.3, 0.4) is 0 Å². The van der Waals surface area contributed by atoms with E-state index in [1.807, 2.05) is 13.8 Å². The van der Waals surface area contributed by atoms with Crippen molar-refractivity contribution >= 4 is 34.3 Å². The Bertz CT molecular complexity index is 1120. The van der Waals surface area contributed by atoms with Crippen LogP contribution in [0.1, 0.15) is 38.4 Å². The molecule has 0 spiro atoms. The average molecular weight is 484 g/mol. The third-order valence-corrected chi connectivity index (χ3v) is 7.23. The van der Waals surface area contributed by atoms with Crippen molar-refractivity contribution in [3.8, 4) is 5.75 Å². The Hall–Kier alpha value is -2.36. The van der Waals surface area contributed by atoms with Gasteiger partial charge in [0.15, 0.2) is 5.82 Å². The lowest BCUT2D eigenvalue weighted by molar-refractivity contribution is 0.145. The van der Waals surface area contributed by atoms with Crippen molar-refractivity contribution in [1.29, 1.82) is 0 Å². The van der Waals surface area contributed by atoms with E-state index in [9.17, 15) is 0 Å². The van der Waals surface area contributed by atoms with Crippen LogP contribution in [0.4, 0.5) is 11.6 Å². The maximum absolute atomic E-state index is 6.33. The molecule has 1 fully saturated rings. The molecular formula is C25H37N7OS. The number of H-pyrrole nitrogens is 1. The topological polar surface area (TPSA) is 82.2 Å². The molecule has 8 nitrogen and oxygen atoms in total. The van der Waals surface area contributed by atoms with E-state index in [-0.39, 0.29) is 4.75 Å². The molecule has 1 saturated heterocycles. The molecule has 0 aliphatic carbocycles. The molecule has 0 atom stereocenters. The predicted octanol–water partition coefficient (Wildman–Crippen LogP) is 4.62. The quantitative estimate of drug-likeness (QED) is 0.355. The number of anilines is 2. The molecule has 2 aromatic heterocycles. The van der Waals surface area contributed by atoms with Gasteiger partial charge in [0.25, 0.3) is 0 Å². The van der Waals surface area contributed by atoms with Crippen molar-refractivity contribution < 1.29 is 4.74 Å². The summed E-state index contributed by atoms with van der Waals surface area (Å²) in [7, 11) is 2.19. The van der Waals surface area contributed by atoms with Crippen molar-refractivity contribution in [3.05, 3.63) is 29.7 Å². The number of fused-ring (bicyclic) bond motifs is 1. The fourth-order valence-corrected chi connectivity index (χ4v) is 5.00. The number of nitrogens with zero attached hydrogens (tertiary/aromatic N) is 5. The molecule has 3 heterocycles. The van der Waals surface area contributed by atoms with Crippen LogP contribution in [0.5, 0.6) is 5.75 Å². The number of nitrogens with one attached hydrogen (secondary N) is 2. The molecule has 0 bridgehead atoms. The summed E-state index contributed by atoms with van der Waals surface area (Å²) in [5.74, 6) is 2.42. The van der Waals surface area contributed by atoms with Crippen molar-refractivity contribution in [2.75, 3.05) is 51.7 Å². The first kappa shape index (κ1) is 24.8. The number of hydrogen-bond donors (Lipinski definition) is 2. The molecule has 0 saturated carbocycles. The molecule has 0 unspecified atom stereocenters. The minimum atomic E-state index is 0.0464. The van der Waals surface area contributed by atoms with E-state index < -0.39 is 0 Å². The summed E-state index contributed by atoms with van der Waals surface area (Å²) in [6.45, 7) is 17.0. The van der Waals surface area contributed by atoms with Crippen LogP contribution < -0.4 is 10.1 Å². The monoisotopic (exact) mass is 483 g/mol. The van der Waals surface area contributed by atoms with Gasteiger partial charge in [-0.2, -0.15) is 5.10 Å². The SMILES string of the molecule is Cc1[nH]nc(Nc2ncnc3cc(OCCCN4CCN(C)CC4)c(SC(C)(C)C)cc23)c1C. The van der Waals surface area contributed by atoms with Gasteiger partial charge in [-0.25, -0.2) is 9.97 Å². The fourth-order valence-electron chi connectivity index (χ4n) is 3.95. The first-order chi connectivity index (χ1) is 16.2. The highest BCUT2D eigenvalue weighted by Crippen LogP contribution is 2.41. The van der Waals surface area contributed by atoms with Gasteiger partial charge in [0.05, 0.1) is 17.0 Å². The number of aromatic nitrogens is 4. The Balaban J connectivity index is 1.53. The lowest BCUT2D eigenvalue weighted by Crippen LogP contribution is -2.44. The van der Waals surface area contributed by atoms with E-state index in [0.29, 0.717) is 6.61 Å². The van der Waals surface area contributed by atoms with Crippen LogP contribution in [-0.4, -0.2) is 81.1 Å². The number of rotatable bonds is 8. The molecule has 9 heteroatoms. The zero-order chi connectivity index (χ0) is 24.3. The van der Waals surface area contributed by atoms with E-state index in [1.165, 1.54) is 0 Å². The van der Waals surface area contributed by atoms with E-state index in [4.69, 9.17) is 4.74 Å². The van der Waals surface area contributed by atoms with Gasteiger partial charge in [0.1, 0.15) is 17.9 Å². The molecule has 0 radical (unpaired) electrons. The number of likely N-dealkylation sites (N-methyl/N-ethyl adjacent to an activating group) is 1. The summed E-state index contributed by atoms with van der Waals surface area (Å²) in [5.41, 5.74) is 2.98. The van der Waals surface area contributed by atoms with Gasteiger partial charge < -0.3 is 19.9 Å². The fraction of sp³-hybridized carbons (Fsp3) is 0.560. The lowest BCUT2D eigenvalue weighted by Gasteiger charge is -2.32. The Morgan fingerprint density at radius 3 is 2.53 bits per heavy atom. The van der Waals surface area contributed by atoms with Crippen molar-refractivity contribution in [3.63, 3.8) is 0 Å². The van der Waals surface area contributed by atoms with Crippen molar-refractivity contribution in [1.82, 2.24) is 30.0 Å². The van der Waals surface area contributed by atoms with E-state index in [1.54, 1.807) is 18.1 Å². The Kier molecular flexibility index (Phi) is 7.64. The second kappa shape index (κ2) is 10.5. The highest BCUT2D eigenvalue weighted by molar-refractivity contribution is 8.00. The average Bonchev–Trinajstić information content (AvgIpc) is 3.09. The van der Waals surface area contributed by atoms with Crippen LogP contribution in [0, 0.1) is 13.8 Å². The summed E-state index contributed by atoms with van der Waals surface area (Å²) in [6, 6.07) is 4.20. The Morgan fingerprint density at radius 1 is 1.09 bits per heavy atom. The molecule has 4 rings (SSSR count). The van der Waals surface area contributed by atoms with E-state index in [0.717, 1.165) is 83.6 Å². The summed E-state index contributed by atoms with van der Waals surface area (Å²) in [4.78, 5) is 15.1. The van der Waals surface area contributed by atoms with Crippen molar-refractivity contribution in [2.45, 2.75) is 50.7 Å². The van der Waals surface area contributed by atoms with Gasteiger partial charge in [0, 0.05) is 60.2 Å². The lowest BCUT2D eigenvalue weighted by atomic mass is 10.2. The third-order valence-electron chi connectivity index (χ3n) is 6.08. The van der Waals surface area contributed by atoms with Crippen LogP contribution in [0.15, 0.2) is 23.4 Å². The third kappa shape index (κ3) is 6.20. The van der Waals surface area contributed by atoms with Crippen LogP contribution in [0.2, 0.25) is 0 Å². The second-order valence-corrected chi connectivity index (χ2v) is 11.9. The second-order valence-electron chi connectivity index (χ2n) is 10.0. The number of aryl methyl sites for hydroxylation is 1. The minimum absolute atomic E-state index is 0.0464. The zero-order valence-corrected chi connectivity index (χ0v) is 22.1. The highest BCUT2D eigenvalue weighted by atomic mass is 32.2. The van der Waals surface area contributed by atoms with E-state index in [2.05, 4.69) is 75.2 Å². The first-order valence-electron chi connectivity index (χ1n) is 12.0. The predicted molar refractivity (Wildman–Crippen MR) is 141 cm³/mol. The Labute approximate surface area is 206 Å². The molecular weight excluding hydrogens is 446 g/mol. The smallest absolute Gasteiger partial charge is 0.156 e. The van der Waals surface area contributed by atoms with Gasteiger partial charge >= 0.3 is 0 Å². The van der Waals surface area contributed by atoms with Gasteiger partial charge in [0.2, 0.25) is 0 Å². The van der Waals surface area contributed by atoms with Crippen LogP contribution in [0.25, 0.3) is 10.9 Å². The molecule has 1 aliphatic heterocycles. The van der Waals surface area contributed by atoms with Gasteiger partial charge in [-0.3, -0.25) is 5.10 Å². The number of thioether (sulfide) groups is 1. The maximum Gasteiger partial charge on any atom is 0.156 e. The standard InChI is InChI=1S/C25H37N7OS/c1-17-18(2)29-30-23(17)28-24-19-14-22(34-25(3,4)5)21(15-20(19)26-16-27-24)33-13-7-8-32-11-9-31(6)10-12-32/h14-16H,7-13H2,1-6H3,(H2,26,27,28,29,30). The number of hydrogen-bond acceptors (Lipinski definition) is 8. The number of ether oxygens (including phenoxy) is 1. The zero-order valence-electron chi connectivity index (χ0n) is 21.2. The Morgan fingerprint density at radius 2 is 1.85 bits per heavy atom. The summed E-state index contributed by atoms with van der Waals surface area (Å²) in [6.07, 6.45) is 2.60. The maximum atomic E-state index is 6.33. The summed E-state index contributed by atoms with van der Waals surface area (Å²) in [5, 5.41) is 11.7. The molecule has 1 aromatic carbocycles. The largest absolute Gasteiger partial charge is 0.492 e. The first-order valence-corrected chi connectivity index (χ1v) is 12.8. The summed E-state index contributed by atoms with van der Waals surface area (Å²) >= 11 is 1.80. The van der Waals surface area contributed by atoms with Gasteiger partial charge in [-0.1, -0.05) is 20.8 Å². The normalized spacial score (nSPS) is 15.7. The number of benzene rings is 1.